The van der Waals surface area contributed by atoms with Gasteiger partial charge in [-0.3, -0.25) is 4.98 Å². The van der Waals surface area contributed by atoms with Crippen molar-refractivity contribution in [1.82, 2.24) is 10.3 Å². The van der Waals surface area contributed by atoms with Crippen molar-refractivity contribution in [3.05, 3.63) is 83.7 Å². The molecule has 15 heteroatoms. The molecule has 1 unspecified atom stereocenters. The number of alkyl halides is 10. The van der Waals surface area contributed by atoms with Gasteiger partial charge in [0.05, 0.1) is 6.04 Å². The van der Waals surface area contributed by atoms with Gasteiger partial charge in [0, 0.05) is 18.8 Å². The highest BCUT2D eigenvalue weighted by Gasteiger charge is 2.44. The molecule has 212 valence electrons. The van der Waals surface area contributed by atoms with Gasteiger partial charge < -0.3 is 19.9 Å². The summed E-state index contributed by atoms with van der Waals surface area (Å²) in [5.41, 5.74) is -1.16. The first-order valence-corrected chi connectivity index (χ1v) is 10.8. The van der Waals surface area contributed by atoms with Crippen molar-refractivity contribution in [2.75, 3.05) is 6.54 Å². The summed E-state index contributed by atoms with van der Waals surface area (Å²) < 4.78 is 139. The van der Waals surface area contributed by atoms with Gasteiger partial charge in [-0.05, 0) is 41.5 Å². The molecule has 0 spiro atoms. The van der Waals surface area contributed by atoms with Gasteiger partial charge in [-0.2, -0.15) is 43.9 Å². The van der Waals surface area contributed by atoms with Crippen LogP contribution in [0.1, 0.15) is 22.9 Å². The minimum Gasteiger partial charge on any atom is -0.457 e. The Kier molecular flexibility index (Phi) is 8.95. The van der Waals surface area contributed by atoms with Gasteiger partial charge >= 0.3 is 24.9 Å². The molecule has 1 heterocycles. The van der Waals surface area contributed by atoms with Gasteiger partial charge in [0.15, 0.2) is 6.10 Å². The number of aromatic nitrogens is 1. The lowest BCUT2D eigenvalue weighted by atomic mass is 9.98. The summed E-state index contributed by atoms with van der Waals surface area (Å²) in [7, 11) is 0. The number of aliphatic hydroxyl groups excluding tert-OH is 1. The molecule has 0 radical (unpaired) electrons. The quantitative estimate of drug-likeness (QED) is 0.264. The molecule has 39 heavy (non-hydrogen) atoms. The Labute approximate surface area is 214 Å². The second kappa shape index (κ2) is 11.7. The summed E-state index contributed by atoms with van der Waals surface area (Å²) in [6, 6.07) is 9.89. The number of nitrogens with one attached hydrogen (secondary N) is 1. The zero-order valence-electron chi connectivity index (χ0n) is 19.3. The zero-order valence-corrected chi connectivity index (χ0v) is 19.3. The van der Waals surface area contributed by atoms with E-state index in [1.807, 2.05) is 0 Å². The summed E-state index contributed by atoms with van der Waals surface area (Å²) in [4.78, 5) is 3.20. The fourth-order valence-electron chi connectivity index (χ4n) is 3.26. The molecule has 1 aromatic heterocycles. The molecule has 3 aromatic rings. The Morgan fingerprint density at radius 3 is 1.92 bits per heavy atom. The van der Waals surface area contributed by atoms with Crippen LogP contribution >= 0.6 is 0 Å². The number of benzene rings is 2. The first kappa shape index (κ1) is 30.0. The molecule has 5 nitrogen and oxygen atoms in total. The van der Waals surface area contributed by atoms with Crippen LogP contribution in [-0.2, 0) is 6.18 Å². The number of hydrogen-bond acceptors (Lipinski definition) is 5. The van der Waals surface area contributed by atoms with Crippen molar-refractivity contribution in [2.24, 2.45) is 0 Å². The SMILES string of the molecule is O[C@H](CNC(c1cccc(Oc2ccnc(C(F)(F)F)c2)c1)c1cccc(OC(F)(F)C(F)F)c1)C(F)(F)F. The molecule has 0 aliphatic rings. The molecular weight excluding hydrogens is 554 g/mol. The number of aliphatic hydroxyl groups is 1. The summed E-state index contributed by atoms with van der Waals surface area (Å²) in [5.74, 6) is -1.06. The monoisotopic (exact) mass is 572 g/mol. The predicted molar refractivity (Wildman–Crippen MR) is 116 cm³/mol. The van der Waals surface area contributed by atoms with E-state index in [1.165, 1.54) is 30.3 Å². The van der Waals surface area contributed by atoms with Crippen LogP contribution in [0.15, 0.2) is 66.9 Å². The van der Waals surface area contributed by atoms with E-state index >= 15 is 0 Å². The van der Waals surface area contributed by atoms with Gasteiger partial charge in [0.25, 0.3) is 0 Å². The fraction of sp³-hybridized carbons (Fsp3) is 0.292. The van der Waals surface area contributed by atoms with Crippen LogP contribution in [0.25, 0.3) is 0 Å². The lowest BCUT2D eigenvalue weighted by Crippen LogP contribution is -2.40. The average molecular weight is 572 g/mol. The van der Waals surface area contributed by atoms with E-state index in [2.05, 4.69) is 15.0 Å². The van der Waals surface area contributed by atoms with Crippen LogP contribution in [0.5, 0.6) is 17.2 Å². The topological polar surface area (TPSA) is 63.6 Å². The summed E-state index contributed by atoms with van der Waals surface area (Å²) in [6.07, 6.45) is -20.8. The maximum Gasteiger partial charge on any atom is 0.461 e. The van der Waals surface area contributed by atoms with Crippen molar-refractivity contribution in [1.29, 1.82) is 0 Å². The summed E-state index contributed by atoms with van der Waals surface area (Å²) in [5, 5.41) is 11.8. The van der Waals surface area contributed by atoms with E-state index in [0.717, 1.165) is 30.5 Å². The molecule has 2 aromatic carbocycles. The van der Waals surface area contributed by atoms with Crippen LogP contribution in [0.4, 0.5) is 43.9 Å². The number of hydrogen-bond donors (Lipinski definition) is 2. The third-order valence-corrected chi connectivity index (χ3v) is 5.04. The smallest absolute Gasteiger partial charge is 0.457 e. The van der Waals surface area contributed by atoms with Crippen molar-refractivity contribution in [3.8, 4) is 17.2 Å². The van der Waals surface area contributed by atoms with Crippen molar-refractivity contribution in [2.45, 2.75) is 37.0 Å². The maximum absolute atomic E-state index is 13.4. The van der Waals surface area contributed by atoms with Crippen molar-refractivity contribution in [3.63, 3.8) is 0 Å². The highest BCUT2D eigenvalue weighted by Crippen LogP contribution is 2.34. The van der Waals surface area contributed by atoms with Gasteiger partial charge in [0.2, 0.25) is 0 Å². The van der Waals surface area contributed by atoms with E-state index in [-0.39, 0.29) is 22.6 Å². The average Bonchev–Trinajstić information content (AvgIpc) is 2.83. The molecule has 0 saturated heterocycles. The maximum atomic E-state index is 13.4. The highest BCUT2D eigenvalue weighted by molar-refractivity contribution is 5.41. The Balaban J connectivity index is 1.95. The van der Waals surface area contributed by atoms with Crippen molar-refractivity contribution >= 4 is 0 Å². The molecular formula is C24H18F10N2O3. The summed E-state index contributed by atoms with van der Waals surface area (Å²) >= 11 is 0. The van der Waals surface area contributed by atoms with Gasteiger partial charge in [0.1, 0.15) is 22.9 Å². The molecule has 0 amide bonds. The minimum absolute atomic E-state index is 0.0349. The number of halogens is 10. The molecule has 0 bridgehead atoms. The standard InChI is InChI=1S/C24H18F10N2O3/c25-21(26)24(33,34)39-17-6-2-4-14(10-17)20(36-12-19(37)23(30,31)32)13-3-1-5-15(9-13)38-16-7-8-35-18(11-16)22(27,28)29/h1-11,19-21,36-37H,12H2/t19-,20?/m1/s1. The molecule has 0 fully saturated rings. The number of nitrogens with zero attached hydrogens (tertiary/aromatic N) is 1. The first-order valence-electron chi connectivity index (χ1n) is 10.8. The normalized spacial score (nSPS) is 14.3. The van der Waals surface area contributed by atoms with Crippen LogP contribution in [0, 0.1) is 0 Å². The third kappa shape index (κ3) is 8.20. The molecule has 2 N–H and O–H groups in total. The van der Waals surface area contributed by atoms with E-state index in [1.54, 1.807) is 0 Å². The molecule has 0 saturated carbocycles. The van der Waals surface area contributed by atoms with Gasteiger partial charge in [-0.1, -0.05) is 24.3 Å². The van der Waals surface area contributed by atoms with Crippen molar-refractivity contribution < 1.29 is 58.5 Å². The molecule has 0 aliphatic heterocycles. The van der Waals surface area contributed by atoms with E-state index in [9.17, 15) is 49.0 Å². The molecule has 3 rings (SSSR count). The number of pyridine rings is 1. The lowest BCUT2D eigenvalue weighted by molar-refractivity contribution is -0.253. The minimum atomic E-state index is -5.01. The van der Waals surface area contributed by atoms with Gasteiger partial charge in [-0.25, -0.2) is 0 Å². The van der Waals surface area contributed by atoms with Crippen LogP contribution in [-0.4, -0.2) is 41.4 Å². The first-order chi connectivity index (χ1) is 18.1. The van der Waals surface area contributed by atoms with E-state index < -0.39 is 55.0 Å². The Hall–Kier alpha value is -3.59. The fourth-order valence-corrected chi connectivity index (χ4v) is 3.26. The van der Waals surface area contributed by atoms with Crippen LogP contribution < -0.4 is 14.8 Å². The Bertz CT molecular complexity index is 1250. The van der Waals surface area contributed by atoms with Gasteiger partial charge in [-0.15, -0.1) is 0 Å². The number of ether oxygens (including phenoxy) is 2. The molecule has 2 atom stereocenters. The van der Waals surface area contributed by atoms with E-state index in [0.29, 0.717) is 6.07 Å². The lowest BCUT2D eigenvalue weighted by Gasteiger charge is -2.24. The second-order valence-corrected chi connectivity index (χ2v) is 7.98. The van der Waals surface area contributed by atoms with E-state index in [4.69, 9.17) is 4.74 Å². The van der Waals surface area contributed by atoms with Crippen LogP contribution in [0.2, 0.25) is 0 Å². The Morgan fingerprint density at radius 1 is 0.795 bits per heavy atom. The largest absolute Gasteiger partial charge is 0.461 e. The summed E-state index contributed by atoms with van der Waals surface area (Å²) in [6.45, 7) is -1.07. The van der Waals surface area contributed by atoms with Crippen LogP contribution in [0.3, 0.4) is 0 Å². The number of rotatable bonds is 10. The Morgan fingerprint density at radius 2 is 1.36 bits per heavy atom. The zero-order chi connectivity index (χ0) is 29.0. The third-order valence-electron chi connectivity index (χ3n) is 5.04. The second-order valence-electron chi connectivity index (χ2n) is 7.98. The predicted octanol–water partition coefficient (Wildman–Crippen LogP) is 6.73. The highest BCUT2D eigenvalue weighted by atomic mass is 19.4. The molecule has 0 aliphatic carbocycles.